The number of aliphatic hydroxyl groups is 1. The lowest BCUT2D eigenvalue weighted by Crippen LogP contribution is -2.49. The summed E-state index contributed by atoms with van der Waals surface area (Å²) >= 11 is 0. The van der Waals surface area contributed by atoms with Gasteiger partial charge in [0, 0.05) is 10.8 Å². The molecule has 6 aromatic carbocycles. The Morgan fingerprint density at radius 1 is 0.595 bits per heavy atom. The molecule has 205 valence electrons. The Morgan fingerprint density at radius 3 is 2.07 bits per heavy atom. The van der Waals surface area contributed by atoms with Crippen molar-refractivity contribution in [1.29, 1.82) is 0 Å². The highest BCUT2D eigenvalue weighted by molar-refractivity contribution is 6.47. The van der Waals surface area contributed by atoms with E-state index in [-0.39, 0.29) is 0 Å². The predicted octanol–water partition coefficient (Wildman–Crippen LogP) is 9.04. The number of hydrogen-bond donors (Lipinski definition) is 1. The summed E-state index contributed by atoms with van der Waals surface area (Å²) in [5.41, 5.74) is 5.76. The van der Waals surface area contributed by atoms with Crippen LogP contribution in [-0.2, 0) is 4.65 Å². The molecule has 1 radical (unpaired) electrons. The standard InChI is InChI=1S/C38H32BO3/c1-37(2,40)38(3,4)42-39-29-17-19-31-28(22-29)14-13-26-21-27(15-18-30(26)31)32-11-8-12-35-36(32)33-23-25(16-20-34(33)41-35)24-9-6-5-7-10-24/h5-23,40H,1-4H3. The fourth-order valence-corrected chi connectivity index (χ4v) is 5.57. The van der Waals surface area contributed by atoms with Gasteiger partial charge in [0.05, 0.1) is 11.2 Å². The lowest BCUT2D eigenvalue weighted by atomic mass is 9.81. The van der Waals surface area contributed by atoms with Crippen LogP contribution in [0.5, 0.6) is 0 Å². The van der Waals surface area contributed by atoms with E-state index in [1.807, 2.05) is 19.9 Å². The van der Waals surface area contributed by atoms with E-state index < -0.39 is 11.2 Å². The number of hydrogen-bond acceptors (Lipinski definition) is 3. The third kappa shape index (κ3) is 4.57. The zero-order valence-electron chi connectivity index (χ0n) is 24.3. The van der Waals surface area contributed by atoms with Crippen LogP contribution in [0.1, 0.15) is 27.7 Å². The lowest BCUT2D eigenvalue weighted by Gasteiger charge is -2.37. The Labute approximate surface area is 246 Å². The van der Waals surface area contributed by atoms with Crippen LogP contribution in [0.15, 0.2) is 120 Å². The van der Waals surface area contributed by atoms with Crippen molar-refractivity contribution >= 4 is 56.4 Å². The van der Waals surface area contributed by atoms with Crippen LogP contribution in [0.3, 0.4) is 0 Å². The molecule has 0 amide bonds. The molecule has 0 spiro atoms. The summed E-state index contributed by atoms with van der Waals surface area (Å²) in [6.07, 6.45) is 0. The maximum Gasteiger partial charge on any atom is 0.330 e. The molecule has 7 aromatic rings. The summed E-state index contributed by atoms with van der Waals surface area (Å²) in [6.45, 7) is 7.31. The van der Waals surface area contributed by atoms with Gasteiger partial charge in [-0.1, -0.05) is 96.5 Å². The van der Waals surface area contributed by atoms with Crippen molar-refractivity contribution in [2.45, 2.75) is 38.9 Å². The predicted molar refractivity (Wildman–Crippen MR) is 176 cm³/mol. The molecule has 0 fully saturated rings. The molecule has 4 heteroatoms. The van der Waals surface area contributed by atoms with E-state index in [1.165, 1.54) is 27.3 Å². The molecule has 42 heavy (non-hydrogen) atoms. The van der Waals surface area contributed by atoms with Gasteiger partial charge in [0.1, 0.15) is 11.2 Å². The van der Waals surface area contributed by atoms with Gasteiger partial charge >= 0.3 is 7.48 Å². The first-order chi connectivity index (χ1) is 20.2. The van der Waals surface area contributed by atoms with E-state index in [0.717, 1.165) is 43.9 Å². The van der Waals surface area contributed by atoms with E-state index in [4.69, 9.17) is 9.07 Å². The van der Waals surface area contributed by atoms with Crippen molar-refractivity contribution in [3.8, 4) is 22.3 Å². The van der Waals surface area contributed by atoms with Gasteiger partial charge in [0.15, 0.2) is 0 Å². The minimum absolute atomic E-state index is 0.714. The highest BCUT2D eigenvalue weighted by Gasteiger charge is 2.35. The Bertz CT molecular complexity index is 2100. The van der Waals surface area contributed by atoms with Crippen LogP contribution in [0, 0.1) is 0 Å². The Morgan fingerprint density at radius 2 is 1.31 bits per heavy atom. The van der Waals surface area contributed by atoms with Crippen LogP contribution >= 0.6 is 0 Å². The van der Waals surface area contributed by atoms with Crippen molar-refractivity contribution in [2.24, 2.45) is 0 Å². The van der Waals surface area contributed by atoms with E-state index in [9.17, 15) is 5.11 Å². The normalized spacial score (nSPS) is 12.5. The quantitative estimate of drug-likeness (QED) is 0.167. The third-order valence-electron chi connectivity index (χ3n) is 8.74. The van der Waals surface area contributed by atoms with Crippen molar-refractivity contribution in [1.82, 2.24) is 0 Å². The lowest BCUT2D eigenvalue weighted by molar-refractivity contribution is -0.0893. The second-order valence-electron chi connectivity index (χ2n) is 12.1. The van der Waals surface area contributed by atoms with Crippen LogP contribution < -0.4 is 5.46 Å². The minimum atomic E-state index is -0.967. The second-order valence-corrected chi connectivity index (χ2v) is 12.1. The van der Waals surface area contributed by atoms with Crippen LogP contribution in [-0.4, -0.2) is 23.8 Å². The van der Waals surface area contributed by atoms with Gasteiger partial charge in [-0.3, -0.25) is 0 Å². The zero-order chi connectivity index (χ0) is 29.1. The number of furan rings is 1. The molecule has 0 bridgehead atoms. The van der Waals surface area contributed by atoms with E-state index in [0.29, 0.717) is 0 Å². The van der Waals surface area contributed by atoms with Crippen molar-refractivity contribution in [2.75, 3.05) is 0 Å². The molecule has 7 rings (SSSR count). The number of fused-ring (bicyclic) bond motifs is 6. The molecule has 3 nitrogen and oxygen atoms in total. The van der Waals surface area contributed by atoms with Gasteiger partial charge in [-0.05, 0) is 95.8 Å². The smallest absolute Gasteiger partial charge is 0.330 e. The molecule has 0 atom stereocenters. The largest absolute Gasteiger partial charge is 0.456 e. The molecule has 0 saturated heterocycles. The highest BCUT2D eigenvalue weighted by Crippen LogP contribution is 2.39. The van der Waals surface area contributed by atoms with Crippen molar-refractivity contribution in [3.63, 3.8) is 0 Å². The van der Waals surface area contributed by atoms with Gasteiger partial charge in [-0.15, -0.1) is 0 Å². The van der Waals surface area contributed by atoms with Gasteiger partial charge in [-0.2, -0.15) is 0 Å². The zero-order valence-corrected chi connectivity index (χ0v) is 24.3. The van der Waals surface area contributed by atoms with Gasteiger partial charge in [0.2, 0.25) is 0 Å². The summed E-state index contributed by atoms with van der Waals surface area (Å²) in [4.78, 5) is 0. The maximum absolute atomic E-state index is 10.4. The molecule has 1 aromatic heterocycles. The molecule has 0 saturated carbocycles. The van der Waals surface area contributed by atoms with Crippen molar-refractivity contribution in [3.05, 3.63) is 115 Å². The molecule has 0 aliphatic carbocycles. The monoisotopic (exact) mass is 547 g/mol. The highest BCUT2D eigenvalue weighted by atomic mass is 16.5. The Balaban J connectivity index is 1.28. The first-order valence-corrected chi connectivity index (χ1v) is 14.4. The summed E-state index contributed by atoms with van der Waals surface area (Å²) < 4.78 is 12.3. The molecule has 0 aliphatic heterocycles. The summed E-state index contributed by atoms with van der Waals surface area (Å²) in [5, 5.41) is 17.4. The minimum Gasteiger partial charge on any atom is -0.456 e. The van der Waals surface area contributed by atoms with Crippen molar-refractivity contribution < 1.29 is 14.2 Å². The van der Waals surface area contributed by atoms with Crippen LogP contribution in [0.4, 0.5) is 0 Å². The maximum atomic E-state index is 10.4. The number of benzene rings is 6. The molecule has 0 aliphatic rings. The Hall–Kier alpha value is -4.38. The van der Waals surface area contributed by atoms with Gasteiger partial charge < -0.3 is 14.2 Å². The van der Waals surface area contributed by atoms with Gasteiger partial charge in [0.25, 0.3) is 0 Å². The summed E-state index contributed by atoms with van der Waals surface area (Å²) in [7, 11) is 1.74. The average Bonchev–Trinajstić information content (AvgIpc) is 3.37. The van der Waals surface area contributed by atoms with E-state index in [1.54, 1.807) is 21.3 Å². The number of rotatable bonds is 6. The molecule has 1 N–H and O–H groups in total. The van der Waals surface area contributed by atoms with Gasteiger partial charge in [-0.25, -0.2) is 0 Å². The van der Waals surface area contributed by atoms with Crippen LogP contribution in [0.2, 0.25) is 0 Å². The first-order valence-electron chi connectivity index (χ1n) is 14.4. The fourth-order valence-electron chi connectivity index (χ4n) is 5.57. The second kappa shape index (κ2) is 9.87. The first kappa shape index (κ1) is 26.5. The topological polar surface area (TPSA) is 42.6 Å². The molecule has 0 unspecified atom stereocenters. The third-order valence-corrected chi connectivity index (χ3v) is 8.74. The Kier molecular flexibility index (Phi) is 6.23. The van der Waals surface area contributed by atoms with Crippen LogP contribution in [0.25, 0.3) is 65.7 Å². The molecule has 1 heterocycles. The summed E-state index contributed by atoms with van der Waals surface area (Å²) in [6, 6.07) is 40.7. The molecular formula is C38H32BO3. The fraction of sp³-hybridized carbons (Fsp3) is 0.158. The van der Waals surface area contributed by atoms with E-state index >= 15 is 0 Å². The van der Waals surface area contributed by atoms with E-state index in [2.05, 4.69) is 109 Å². The SMILES string of the molecule is CC(C)(O)C(C)(C)O[B]c1ccc2c(ccc3cc(-c4cccc5oc6ccc(-c7ccccc7)cc6c45)ccc32)c1. The average molecular weight is 547 g/mol. The molecular weight excluding hydrogens is 515 g/mol. The summed E-state index contributed by atoms with van der Waals surface area (Å²) in [5.74, 6) is 0.